The molecule has 0 aliphatic rings. The highest BCUT2D eigenvalue weighted by molar-refractivity contribution is 7.99. The Bertz CT molecular complexity index is 781. The zero-order valence-corrected chi connectivity index (χ0v) is 12.1. The summed E-state index contributed by atoms with van der Waals surface area (Å²) < 4.78 is 0. The van der Waals surface area contributed by atoms with Crippen molar-refractivity contribution in [1.29, 1.82) is 0 Å². The van der Waals surface area contributed by atoms with Gasteiger partial charge in [-0.15, -0.1) is 11.8 Å². The van der Waals surface area contributed by atoms with Crippen molar-refractivity contribution in [1.82, 2.24) is 0 Å². The first-order valence-corrected chi connectivity index (χ1v) is 7.70. The van der Waals surface area contributed by atoms with E-state index < -0.39 is 0 Å². The Kier molecular flexibility index (Phi) is 3.45. The summed E-state index contributed by atoms with van der Waals surface area (Å²) in [5, 5.41) is 23.9. The lowest BCUT2D eigenvalue weighted by Gasteiger charge is -2.12. The summed E-state index contributed by atoms with van der Waals surface area (Å²) in [7, 11) is 0. The summed E-state index contributed by atoms with van der Waals surface area (Å²) in [6, 6.07) is 13.2. The van der Waals surface area contributed by atoms with Crippen molar-refractivity contribution in [2.45, 2.75) is 18.2 Å². The quantitative estimate of drug-likeness (QED) is 0.408. The number of phenols is 2. The molecule has 2 N–H and O–H groups in total. The number of rotatable bonds is 3. The van der Waals surface area contributed by atoms with Crippen LogP contribution in [0.5, 0.6) is 11.5 Å². The number of phenolic OH excluding ortho intramolecular Hbond substituents is 2. The van der Waals surface area contributed by atoms with Gasteiger partial charge >= 0.3 is 0 Å². The van der Waals surface area contributed by atoms with Gasteiger partial charge in [0.25, 0.3) is 0 Å². The summed E-state index contributed by atoms with van der Waals surface area (Å²) in [4.78, 5) is 1.02. The Morgan fingerprint density at radius 3 is 2.20 bits per heavy atom. The molecule has 3 heteroatoms. The topological polar surface area (TPSA) is 40.5 Å². The van der Waals surface area contributed by atoms with Crippen LogP contribution >= 0.6 is 11.8 Å². The maximum Gasteiger partial charge on any atom is 0.132 e. The molecular formula is C17H16O2S. The van der Waals surface area contributed by atoms with Gasteiger partial charge in [0.1, 0.15) is 11.5 Å². The first-order valence-electron chi connectivity index (χ1n) is 6.72. The van der Waals surface area contributed by atoms with Crippen molar-refractivity contribution in [2.75, 3.05) is 5.75 Å². The van der Waals surface area contributed by atoms with Gasteiger partial charge in [-0.05, 0) is 18.2 Å². The molecule has 0 spiro atoms. The lowest BCUT2D eigenvalue weighted by Crippen LogP contribution is -1.85. The molecule has 3 rings (SSSR count). The first-order chi connectivity index (χ1) is 9.74. The third kappa shape index (κ3) is 1.98. The third-order valence-corrected chi connectivity index (χ3v) is 4.68. The molecule has 0 aliphatic carbocycles. The second-order valence-corrected chi connectivity index (χ2v) is 5.91. The molecule has 3 aromatic carbocycles. The molecule has 0 saturated carbocycles. The van der Waals surface area contributed by atoms with Crippen LogP contribution in [-0.4, -0.2) is 16.0 Å². The molecule has 3 aromatic rings. The maximum absolute atomic E-state index is 10.6. The lowest BCUT2D eigenvalue weighted by molar-refractivity contribution is 0.478. The molecule has 0 bridgehead atoms. The van der Waals surface area contributed by atoms with E-state index in [1.54, 1.807) is 11.8 Å². The number of hydrogen-bond acceptors (Lipinski definition) is 3. The SMILES string of the molecule is CCCSc1cccc2c(O)c3ccccc3c(O)c12. The Morgan fingerprint density at radius 1 is 0.850 bits per heavy atom. The number of fused-ring (bicyclic) bond motifs is 2. The fraction of sp³-hybridized carbons (Fsp3) is 0.176. The highest BCUT2D eigenvalue weighted by Crippen LogP contribution is 2.44. The smallest absolute Gasteiger partial charge is 0.132 e. The Morgan fingerprint density at radius 2 is 1.50 bits per heavy atom. The van der Waals surface area contributed by atoms with E-state index in [2.05, 4.69) is 6.92 Å². The molecule has 0 unspecified atom stereocenters. The Labute approximate surface area is 122 Å². The lowest BCUT2D eigenvalue weighted by atomic mass is 10.0. The zero-order valence-electron chi connectivity index (χ0n) is 11.3. The average molecular weight is 284 g/mol. The summed E-state index contributed by atoms with van der Waals surface area (Å²) >= 11 is 1.71. The van der Waals surface area contributed by atoms with Crippen molar-refractivity contribution in [2.24, 2.45) is 0 Å². The van der Waals surface area contributed by atoms with E-state index in [1.807, 2.05) is 42.5 Å². The Hall–Kier alpha value is -1.87. The van der Waals surface area contributed by atoms with E-state index in [9.17, 15) is 10.2 Å². The normalized spacial score (nSPS) is 11.2. The van der Waals surface area contributed by atoms with Crippen LogP contribution in [0.2, 0.25) is 0 Å². The zero-order chi connectivity index (χ0) is 14.1. The summed E-state index contributed by atoms with van der Waals surface area (Å²) in [6.45, 7) is 2.13. The predicted octanol–water partition coefficient (Wildman–Crippen LogP) is 4.91. The van der Waals surface area contributed by atoms with Crippen LogP contribution in [0.25, 0.3) is 21.5 Å². The van der Waals surface area contributed by atoms with Crippen molar-refractivity contribution >= 4 is 33.3 Å². The van der Waals surface area contributed by atoms with Gasteiger partial charge in [-0.25, -0.2) is 0 Å². The molecule has 102 valence electrons. The molecule has 0 atom stereocenters. The second kappa shape index (κ2) is 5.25. The minimum Gasteiger partial charge on any atom is -0.507 e. The molecule has 0 radical (unpaired) electrons. The standard InChI is InChI=1S/C17H16O2S/c1-2-10-20-14-9-5-8-13-15(14)17(19)12-7-4-3-6-11(12)16(13)18/h3-9,18-19H,2,10H2,1H3. The fourth-order valence-corrected chi connectivity index (χ4v) is 3.43. The van der Waals surface area contributed by atoms with E-state index >= 15 is 0 Å². The largest absolute Gasteiger partial charge is 0.507 e. The van der Waals surface area contributed by atoms with Gasteiger partial charge in [-0.1, -0.05) is 43.3 Å². The van der Waals surface area contributed by atoms with E-state index in [0.29, 0.717) is 16.2 Å². The van der Waals surface area contributed by atoms with Gasteiger partial charge in [-0.2, -0.15) is 0 Å². The number of benzene rings is 3. The summed E-state index contributed by atoms with van der Waals surface area (Å²) in [6.07, 6.45) is 1.07. The van der Waals surface area contributed by atoms with Crippen LogP contribution in [0.1, 0.15) is 13.3 Å². The van der Waals surface area contributed by atoms with Gasteiger partial charge in [0.2, 0.25) is 0 Å². The predicted molar refractivity (Wildman–Crippen MR) is 85.8 cm³/mol. The highest BCUT2D eigenvalue weighted by atomic mass is 32.2. The average Bonchev–Trinajstić information content (AvgIpc) is 2.50. The molecule has 0 saturated heterocycles. The molecule has 0 aromatic heterocycles. The van der Waals surface area contributed by atoms with E-state index in [1.165, 1.54) is 0 Å². The number of hydrogen-bond donors (Lipinski definition) is 2. The number of aromatic hydroxyl groups is 2. The minimum atomic E-state index is 0.243. The molecule has 0 aliphatic heterocycles. The summed E-state index contributed by atoms with van der Waals surface area (Å²) in [5.41, 5.74) is 0. The van der Waals surface area contributed by atoms with Crippen molar-refractivity contribution in [3.8, 4) is 11.5 Å². The maximum atomic E-state index is 10.6. The van der Waals surface area contributed by atoms with E-state index in [4.69, 9.17) is 0 Å². The van der Waals surface area contributed by atoms with E-state index in [0.717, 1.165) is 22.5 Å². The van der Waals surface area contributed by atoms with Gasteiger partial charge in [0.05, 0.1) is 0 Å². The van der Waals surface area contributed by atoms with Crippen molar-refractivity contribution in [3.05, 3.63) is 42.5 Å². The molecule has 2 nitrogen and oxygen atoms in total. The van der Waals surface area contributed by atoms with Gasteiger partial charge in [0, 0.05) is 26.4 Å². The Balaban J connectivity index is 2.40. The second-order valence-electron chi connectivity index (χ2n) is 4.77. The van der Waals surface area contributed by atoms with Gasteiger partial charge in [0.15, 0.2) is 0 Å². The van der Waals surface area contributed by atoms with E-state index in [-0.39, 0.29) is 11.5 Å². The monoisotopic (exact) mass is 284 g/mol. The van der Waals surface area contributed by atoms with Crippen LogP contribution in [0.3, 0.4) is 0 Å². The van der Waals surface area contributed by atoms with Crippen LogP contribution in [0.4, 0.5) is 0 Å². The molecule has 0 heterocycles. The number of thioether (sulfide) groups is 1. The first kappa shape index (κ1) is 13.1. The minimum absolute atomic E-state index is 0.243. The molecule has 0 amide bonds. The fourth-order valence-electron chi connectivity index (χ4n) is 2.48. The van der Waals surface area contributed by atoms with Crippen LogP contribution in [-0.2, 0) is 0 Å². The van der Waals surface area contributed by atoms with Crippen molar-refractivity contribution in [3.63, 3.8) is 0 Å². The third-order valence-electron chi connectivity index (χ3n) is 3.42. The summed E-state index contributed by atoms with van der Waals surface area (Å²) in [5.74, 6) is 1.49. The molecule has 20 heavy (non-hydrogen) atoms. The van der Waals surface area contributed by atoms with Crippen molar-refractivity contribution < 1.29 is 10.2 Å². The van der Waals surface area contributed by atoms with Crippen LogP contribution in [0, 0.1) is 0 Å². The van der Waals surface area contributed by atoms with Gasteiger partial charge < -0.3 is 10.2 Å². The molecule has 0 fully saturated rings. The van der Waals surface area contributed by atoms with Gasteiger partial charge in [-0.3, -0.25) is 0 Å². The molecular weight excluding hydrogens is 268 g/mol. The van der Waals surface area contributed by atoms with Crippen LogP contribution < -0.4 is 0 Å². The van der Waals surface area contributed by atoms with Crippen LogP contribution in [0.15, 0.2) is 47.4 Å². The highest BCUT2D eigenvalue weighted by Gasteiger charge is 2.15.